The summed E-state index contributed by atoms with van der Waals surface area (Å²) < 4.78 is 0. The Kier molecular flexibility index (Phi) is 2.53. The summed E-state index contributed by atoms with van der Waals surface area (Å²) in [4.78, 5) is 0. The van der Waals surface area contributed by atoms with E-state index in [9.17, 15) is 0 Å². The molecule has 58 valence electrons. The first-order valence-corrected chi connectivity index (χ1v) is 4.37. The molecular formula is C10H18. The average molecular weight is 138 g/mol. The summed E-state index contributed by atoms with van der Waals surface area (Å²) in [5.74, 6) is 2.85. The van der Waals surface area contributed by atoms with Crippen molar-refractivity contribution in [1.82, 2.24) is 0 Å². The molecule has 0 nitrogen and oxygen atoms in total. The third kappa shape index (κ3) is 2.17. The van der Waals surface area contributed by atoms with Crippen LogP contribution in [0.5, 0.6) is 0 Å². The molecule has 0 heteroatoms. The molecule has 0 N–H and O–H groups in total. The first kappa shape index (κ1) is 7.84. The maximum Gasteiger partial charge on any atom is -0.0202 e. The molecule has 0 aromatic heterocycles. The predicted octanol–water partition coefficient (Wildman–Crippen LogP) is 3.24. The Morgan fingerprint density at radius 2 is 2.20 bits per heavy atom. The van der Waals surface area contributed by atoms with Gasteiger partial charge in [-0.2, -0.15) is 0 Å². The van der Waals surface area contributed by atoms with E-state index in [0.717, 1.165) is 17.8 Å². The molecule has 0 spiro atoms. The van der Waals surface area contributed by atoms with Crippen LogP contribution in [0, 0.1) is 17.8 Å². The standard InChI is InChI=1S/C10H18/c1-4-5-9-7-10(9)6-8(2)3/h4-5,8-10H,6-7H2,1-3H3. The molecule has 0 amide bonds. The molecule has 1 rings (SSSR count). The summed E-state index contributed by atoms with van der Waals surface area (Å²) in [6, 6.07) is 0. The van der Waals surface area contributed by atoms with Crippen LogP contribution in [0.4, 0.5) is 0 Å². The lowest BCUT2D eigenvalue weighted by Gasteiger charge is -2.00. The average Bonchev–Trinajstić information content (AvgIpc) is 2.47. The Hall–Kier alpha value is -0.260. The highest BCUT2D eigenvalue weighted by atomic mass is 14.4. The minimum Gasteiger partial charge on any atom is -0.0914 e. The van der Waals surface area contributed by atoms with Crippen LogP contribution in [0.2, 0.25) is 0 Å². The van der Waals surface area contributed by atoms with Gasteiger partial charge in [0.1, 0.15) is 0 Å². The van der Waals surface area contributed by atoms with E-state index in [2.05, 4.69) is 32.9 Å². The smallest absolute Gasteiger partial charge is 0.0202 e. The second kappa shape index (κ2) is 3.23. The van der Waals surface area contributed by atoms with Gasteiger partial charge in [-0.05, 0) is 37.5 Å². The van der Waals surface area contributed by atoms with Crippen molar-refractivity contribution in [3.8, 4) is 0 Å². The monoisotopic (exact) mass is 138 g/mol. The zero-order chi connectivity index (χ0) is 7.56. The van der Waals surface area contributed by atoms with Gasteiger partial charge in [0.15, 0.2) is 0 Å². The van der Waals surface area contributed by atoms with Crippen LogP contribution in [-0.2, 0) is 0 Å². The van der Waals surface area contributed by atoms with E-state index in [-0.39, 0.29) is 0 Å². The Bertz CT molecular complexity index is 122. The molecule has 1 saturated carbocycles. The van der Waals surface area contributed by atoms with Gasteiger partial charge in [-0.3, -0.25) is 0 Å². The zero-order valence-electron chi connectivity index (χ0n) is 7.30. The highest BCUT2D eigenvalue weighted by Gasteiger charge is 2.34. The van der Waals surface area contributed by atoms with Crippen molar-refractivity contribution >= 4 is 0 Å². The second-order valence-corrected chi connectivity index (χ2v) is 3.81. The topological polar surface area (TPSA) is 0 Å². The lowest BCUT2D eigenvalue weighted by molar-refractivity contribution is 0.528. The quantitative estimate of drug-likeness (QED) is 0.525. The molecular weight excluding hydrogens is 120 g/mol. The first-order chi connectivity index (χ1) is 4.74. The molecule has 0 aromatic carbocycles. The Morgan fingerprint density at radius 1 is 1.50 bits per heavy atom. The van der Waals surface area contributed by atoms with Gasteiger partial charge in [-0.1, -0.05) is 26.0 Å². The van der Waals surface area contributed by atoms with Crippen LogP contribution in [0.1, 0.15) is 33.6 Å². The molecule has 2 atom stereocenters. The third-order valence-corrected chi connectivity index (χ3v) is 2.19. The summed E-state index contributed by atoms with van der Waals surface area (Å²) in [5.41, 5.74) is 0. The normalized spacial score (nSPS) is 32.0. The van der Waals surface area contributed by atoms with Gasteiger partial charge in [-0.25, -0.2) is 0 Å². The molecule has 0 aliphatic heterocycles. The number of hydrogen-bond donors (Lipinski definition) is 0. The fourth-order valence-corrected chi connectivity index (χ4v) is 1.63. The van der Waals surface area contributed by atoms with Crippen LogP contribution in [0.3, 0.4) is 0 Å². The van der Waals surface area contributed by atoms with Crippen molar-refractivity contribution in [1.29, 1.82) is 0 Å². The van der Waals surface area contributed by atoms with Gasteiger partial charge in [0.05, 0.1) is 0 Å². The van der Waals surface area contributed by atoms with Gasteiger partial charge >= 0.3 is 0 Å². The maximum atomic E-state index is 2.35. The molecule has 1 aliphatic carbocycles. The van der Waals surface area contributed by atoms with E-state index < -0.39 is 0 Å². The van der Waals surface area contributed by atoms with E-state index in [4.69, 9.17) is 0 Å². The largest absolute Gasteiger partial charge is 0.0914 e. The van der Waals surface area contributed by atoms with Crippen LogP contribution >= 0.6 is 0 Å². The molecule has 1 fully saturated rings. The first-order valence-electron chi connectivity index (χ1n) is 4.37. The van der Waals surface area contributed by atoms with Crippen molar-refractivity contribution in [2.45, 2.75) is 33.6 Å². The molecule has 2 unspecified atom stereocenters. The van der Waals surface area contributed by atoms with E-state index in [1.165, 1.54) is 12.8 Å². The maximum absolute atomic E-state index is 2.35. The number of rotatable bonds is 3. The Labute approximate surface area is 64.3 Å². The third-order valence-electron chi connectivity index (χ3n) is 2.19. The van der Waals surface area contributed by atoms with Gasteiger partial charge in [0, 0.05) is 0 Å². The van der Waals surface area contributed by atoms with Gasteiger partial charge in [0.2, 0.25) is 0 Å². The highest BCUT2D eigenvalue weighted by Crippen LogP contribution is 2.43. The minimum absolute atomic E-state index is 0.889. The van der Waals surface area contributed by atoms with Crippen molar-refractivity contribution in [2.24, 2.45) is 17.8 Å². The van der Waals surface area contributed by atoms with Crippen LogP contribution in [-0.4, -0.2) is 0 Å². The molecule has 10 heavy (non-hydrogen) atoms. The van der Waals surface area contributed by atoms with Crippen LogP contribution in [0.15, 0.2) is 12.2 Å². The summed E-state index contributed by atoms with van der Waals surface area (Å²) >= 11 is 0. The van der Waals surface area contributed by atoms with E-state index in [1.54, 1.807) is 0 Å². The number of hydrogen-bond acceptors (Lipinski definition) is 0. The van der Waals surface area contributed by atoms with Crippen molar-refractivity contribution in [3.05, 3.63) is 12.2 Å². The van der Waals surface area contributed by atoms with Gasteiger partial charge in [-0.15, -0.1) is 0 Å². The molecule has 0 saturated heterocycles. The molecule has 0 heterocycles. The summed E-state index contributed by atoms with van der Waals surface area (Å²) in [5, 5.41) is 0. The van der Waals surface area contributed by atoms with E-state index in [1.807, 2.05) is 0 Å². The molecule has 0 radical (unpaired) electrons. The lowest BCUT2D eigenvalue weighted by Crippen LogP contribution is -1.89. The van der Waals surface area contributed by atoms with Gasteiger partial charge < -0.3 is 0 Å². The Morgan fingerprint density at radius 3 is 2.70 bits per heavy atom. The fraction of sp³-hybridized carbons (Fsp3) is 0.800. The second-order valence-electron chi connectivity index (χ2n) is 3.81. The minimum atomic E-state index is 0.889. The van der Waals surface area contributed by atoms with E-state index in [0.29, 0.717) is 0 Å². The highest BCUT2D eigenvalue weighted by molar-refractivity contribution is 5.00. The van der Waals surface area contributed by atoms with Crippen LogP contribution in [0.25, 0.3) is 0 Å². The van der Waals surface area contributed by atoms with Crippen molar-refractivity contribution in [2.75, 3.05) is 0 Å². The Balaban J connectivity index is 2.13. The summed E-state index contributed by atoms with van der Waals surface area (Å²) in [7, 11) is 0. The van der Waals surface area contributed by atoms with Crippen molar-refractivity contribution < 1.29 is 0 Å². The van der Waals surface area contributed by atoms with Crippen LogP contribution < -0.4 is 0 Å². The number of allylic oxidation sites excluding steroid dienone is 2. The van der Waals surface area contributed by atoms with E-state index >= 15 is 0 Å². The van der Waals surface area contributed by atoms with Gasteiger partial charge in [0.25, 0.3) is 0 Å². The fourth-order valence-electron chi connectivity index (χ4n) is 1.63. The molecule has 0 bridgehead atoms. The zero-order valence-corrected chi connectivity index (χ0v) is 7.30. The van der Waals surface area contributed by atoms with Crippen molar-refractivity contribution in [3.63, 3.8) is 0 Å². The predicted molar refractivity (Wildman–Crippen MR) is 45.9 cm³/mol. The summed E-state index contributed by atoms with van der Waals surface area (Å²) in [6.45, 7) is 6.74. The SMILES string of the molecule is CC=CC1CC1CC(C)C. The molecule has 0 aromatic rings. The summed E-state index contributed by atoms with van der Waals surface area (Å²) in [6.07, 6.45) is 7.41. The lowest BCUT2D eigenvalue weighted by atomic mass is 10.1. The molecule has 1 aliphatic rings.